The molecule has 4 heteroatoms. The Bertz CT molecular complexity index is 649. The molecule has 0 radical (unpaired) electrons. The average molecular weight is 297 g/mol. The predicted molar refractivity (Wildman–Crippen MR) is 86.6 cm³/mol. The zero-order valence-corrected chi connectivity index (χ0v) is 13.3. The van der Waals surface area contributed by atoms with Crippen molar-refractivity contribution in [1.82, 2.24) is 15.1 Å². The lowest BCUT2D eigenvalue weighted by Gasteiger charge is -2.40. The van der Waals surface area contributed by atoms with Gasteiger partial charge in [0.25, 0.3) is 0 Å². The van der Waals surface area contributed by atoms with Crippen LogP contribution in [0.15, 0.2) is 36.5 Å². The number of amides is 1. The molecule has 22 heavy (non-hydrogen) atoms. The fourth-order valence-electron chi connectivity index (χ4n) is 3.50. The number of nitrogens with one attached hydrogen (secondary N) is 1. The van der Waals surface area contributed by atoms with E-state index in [2.05, 4.69) is 24.0 Å². The van der Waals surface area contributed by atoms with Crippen LogP contribution in [0.25, 0.3) is 0 Å². The van der Waals surface area contributed by atoms with Gasteiger partial charge in [0.1, 0.15) is 0 Å². The van der Waals surface area contributed by atoms with E-state index in [-0.39, 0.29) is 11.3 Å². The van der Waals surface area contributed by atoms with Gasteiger partial charge in [-0.15, -0.1) is 0 Å². The highest BCUT2D eigenvalue weighted by atomic mass is 16.2. The van der Waals surface area contributed by atoms with Gasteiger partial charge in [-0.3, -0.25) is 9.89 Å². The van der Waals surface area contributed by atoms with E-state index in [9.17, 15) is 4.79 Å². The molecule has 0 bridgehead atoms. The molecule has 1 amide bonds. The number of nitrogens with zero attached hydrogens (tertiary/aromatic N) is 2. The van der Waals surface area contributed by atoms with Crippen molar-refractivity contribution in [3.63, 3.8) is 0 Å². The van der Waals surface area contributed by atoms with E-state index in [0.29, 0.717) is 6.42 Å². The van der Waals surface area contributed by atoms with Crippen LogP contribution in [0.4, 0.5) is 0 Å². The van der Waals surface area contributed by atoms with Crippen molar-refractivity contribution in [2.45, 2.75) is 38.5 Å². The Labute approximate surface area is 131 Å². The number of benzene rings is 1. The summed E-state index contributed by atoms with van der Waals surface area (Å²) >= 11 is 0. The third-order valence-corrected chi connectivity index (χ3v) is 4.68. The van der Waals surface area contributed by atoms with Gasteiger partial charge in [0.05, 0.1) is 12.6 Å². The maximum Gasteiger partial charge on any atom is 0.227 e. The number of H-pyrrole nitrogens is 1. The zero-order chi connectivity index (χ0) is 15.6. The minimum Gasteiger partial charge on any atom is -0.341 e. The van der Waals surface area contributed by atoms with E-state index in [4.69, 9.17) is 0 Å². The third kappa shape index (κ3) is 2.91. The summed E-state index contributed by atoms with van der Waals surface area (Å²) in [5, 5.41) is 7.29. The maximum absolute atomic E-state index is 12.6. The number of likely N-dealkylation sites (tertiary alicyclic amines) is 1. The van der Waals surface area contributed by atoms with Crippen molar-refractivity contribution in [2.75, 3.05) is 13.1 Å². The number of hydrogen-bond donors (Lipinski definition) is 1. The number of carbonyl (C=O) groups excluding carboxylic acids is 1. The molecule has 1 aliphatic rings. The van der Waals surface area contributed by atoms with Gasteiger partial charge in [0, 0.05) is 24.2 Å². The Balaban J connectivity index is 1.73. The normalized spacial score (nSPS) is 21.8. The number of aryl methyl sites for hydroxylation is 1. The SMILES string of the molecule is Cc1cn[nH]c1[C@]1(C)CCCN(C(=O)Cc2ccccc2)C1. The van der Waals surface area contributed by atoms with Gasteiger partial charge in [0.2, 0.25) is 5.91 Å². The van der Waals surface area contributed by atoms with Crippen LogP contribution in [-0.2, 0) is 16.6 Å². The molecule has 0 aliphatic carbocycles. The van der Waals surface area contributed by atoms with Crippen molar-refractivity contribution in [2.24, 2.45) is 0 Å². The van der Waals surface area contributed by atoms with E-state index in [1.54, 1.807) is 0 Å². The summed E-state index contributed by atoms with van der Waals surface area (Å²) < 4.78 is 0. The second-order valence-corrected chi connectivity index (χ2v) is 6.57. The summed E-state index contributed by atoms with van der Waals surface area (Å²) in [6.07, 6.45) is 4.48. The zero-order valence-electron chi connectivity index (χ0n) is 13.3. The highest BCUT2D eigenvalue weighted by Crippen LogP contribution is 2.34. The van der Waals surface area contributed by atoms with Crippen LogP contribution in [0.1, 0.15) is 36.6 Å². The minimum absolute atomic E-state index is 0.0226. The molecule has 1 saturated heterocycles. The molecular formula is C18H23N3O. The van der Waals surface area contributed by atoms with Gasteiger partial charge in [-0.1, -0.05) is 37.3 Å². The van der Waals surface area contributed by atoms with Crippen LogP contribution >= 0.6 is 0 Å². The standard InChI is InChI=1S/C18H23N3O/c1-14-12-19-20-17(14)18(2)9-6-10-21(13-18)16(22)11-15-7-4-3-5-8-15/h3-5,7-8,12H,6,9-11,13H2,1-2H3,(H,19,20)/t18-/m1/s1. The molecule has 0 unspecified atom stereocenters. The first-order chi connectivity index (χ1) is 10.6. The highest BCUT2D eigenvalue weighted by molar-refractivity contribution is 5.79. The second-order valence-electron chi connectivity index (χ2n) is 6.57. The van der Waals surface area contributed by atoms with Crippen molar-refractivity contribution >= 4 is 5.91 Å². The number of aromatic nitrogens is 2. The topological polar surface area (TPSA) is 49.0 Å². The largest absolute Gasteiger partial charge is 0.341 e. The van der Waals surface area contributed by atoms with Crippen molar-refractivity contribution in [3.8, 4) is 0 Å². The Morgan fingerprint density at radius 2 is 2.14 bits per heavy atom. The van der Waals surface area contributed by atoms with Crippen LogP contribution in [0.3, 0.4) is 0 Å². The molecule has 1 N–H and O–H groups in total. The summed E-state index contributed by atoms with van der Waals surface area (Å²) in [6.45, 7) is 5.93. The van der Waals surface area contributed by atoms with Crippen LogP contribution in [-0.4, -0.2) is 34.1 Å². The van der Waals surface area contributed by atoms with Gasteiger partial charge >= 0.3 is 0 Å². The fourth-order valence-corrected chi connectivity index (χ4v) is 3.50. The molecular weight excluding hydrogens is 274 g/mol. The van der Waals surface area contributed by atoms with Crippen LogP contribution in [0.2, 0.25) is 0 Å². The third-order valence-electron chi connectivity index (χ3n) is 4.68. The number of aromatic amines is 1. The molecule has 2 aromatic rings. The summed E-state index contributed by atoms with van der Waals surface area (Å²) in [6, 6.07) is 9.97. The lowest BCUT2D eigenvalue weighted by molar-refractivity contribution is -0.132. The predicted octanol–water partition coefficient (Wildman–Crippen LogP) is 2.84. The molecule has 3 rings (SSSR count). The number of hydrogen-bond acceptors (Lipinski definition) is 2. The molecule has 1 atom stereocenters. The first kappa shape index (κ1) is 14.8. The van der Waals surface area contributed by atoms with Gasteiger partial charge in [0.15, 0.2) is 0 Å². The fraction of sp³-hybridized carbons (Fsp3) is 0.444. The molecule has 116 valence electrons. The molecule has 4 nitrogen and oxygen atoms in total. The highest BCUT2D eigenvalue weighted by Gasteiger charge is 2.36. The van der Waals surface area contributed by atoms with Crippen LogP contribution in [0, 0.1) is 6.92 Å². The first-order valence-corrected chi connectivity index (χ1v) is 7.91. The smallest absolute Gasteiger partial charge is 0.227 e. The summed E-state index contributed by atoms with van der Waals surface area (Å²) in [4.78, 5) is 14.6. The molecule has 2 heterocycles. The molecule has 0 spiro atoms. The van der Waals surface area contributed by atoms with Gasteiger partial charge < -0.3 is 4.90 Å². The van der Waals surface area contributed by atoms with Crippen LogP contribution < -0.4 is 0 Å². The molecule has 1 aliphatic heterocycles. The second kappa shape index (κ2) is 5.95. The minimum atomic E-state index is -0.0226. The quantitative estimate of drug-likeness (QED) is 0.947. The summed E-state index contributed by atoms with van der Waals surface area (Å²) in [7, 11) is 0. The van der Waals surface area contributed by atoms with E-state index < -0.39 is 0 Å². The van der Waals surface area contributed by atoms with E-state index in [1.165, 1.54) is 11.3 Å². The van der Waals surface area contributed by atoms with Gasteiger partial charge in [-0.2, -0.15) is 5.10 Å². The summed E-state index contributed by atoms with van der Waals surface area (Å²) in [5.41, 5.74) is 3.41. The average Bonchev–Trinajstić information content (AvgIpc) is 2.95. The lowest BCUT2D eigenvalue weighted by atomic mass is 9.77. The van der Waals surface area contributed by atoms with Crippen molar-refractivity contribution < 1.29 is 4.79 Å². The molecule has 0 saturated carbocycles. The number of piperidine rings is 1. The van der Waals surface area contributed by atoms with Crippen molar-refractivity contribution in [3.05, 3.63) is 53.3 Å². The number of carbonyl (C=O) groups is 1. The van der Waals surface area contributed by atoms with E-state index in [1.807, 2.05) is 41.4 Å². The monoisotopic (exact) mass is 297 g/mol. The Hall–Kier alpha value is -2.10. The van der Waals surface area contributed by atoms with E-state index in [0.717, 1.165) is 31.5 Å². The summed E-state index contributed by atoms with van der Waals surface area (Å²) in [5.74, 6) is 0.217. The van der Waals surface area contributed by atoms with Gasteiger partial charge in [-0.25, -0.2) is 0 Å². The maximum atomic E-state index is 12.6. The van der Waals surface area contributed by atoms with Crippen LogP contribution in [0.5, 0.6) is 0 Å². The molecule has 1 aromatic carbocycles. The Morgan fingerprint density at radius 1 is 1.36 bits per heavy atom. The Kier molecular flexibility index (Phi) is 4.01. The first-order valence-electron chi connectivity index (χ1n) is 7.91. The van der Waals surface area contributed by atoms with E-state index >= 15 is 0 Å². The number of rotatable bonds is 3. The molecule has 1 fully saturated rings. The van der Waals surface area contributed by atoms with Crippen molar-refractivity contribution in [1.29, 1.82) is 0 Å². The molecule has 1 aromatic heterocycles. The Morgan fingerprint density at radius 3 is 2.82 bits per heavy atom. The van der Waals surface area contributed by atoms with Gasteiger partial charge in [-0.05, 0) is 30.9 Å². The lowest BCUT2D eigenvalue weighted by Crippen LogP contribution is -2.48.